The standard InChI is InChI=1S/C12H7F3N2O/c13-12(14,15)11-6-18-10-5-8-7(2-1-3-16-8)4-9(10)17-11/h1-2,4-6H,3H2. The van der Waals surface area contributed by atoms with E-state index >= 15 is 0 Å². The molecule has 18 heavy (non-hydrogen) atoms. The van der Waals surface area contributed by atoms with E-state index in [2.05, 4.69) is 9.98 Å². The van der Waals surface area contributed by atoms with E-state index in [4.69, 9.17) is 4.74 Å². The van der Waals surface area contributed by atoms with Crippen molar-refractivity contribution in [3.05, 3.63) is 46.4 Å². The Kier molecular flexibility index (Phi) is 2.26. The van der Waals surface area contributed by atoms with Crippen LogP contribution in [0.25, 0.3) is 6.08 Å². The molecule has 0 atom stereocenters. The van der Waals surface area contributed by atoms with Gasteiger partial charge in [-0.25, -0.2) is 4.99 Å². The van der Waals surface area contributed by atoms with Crippen LogP contribution >= 0.6 is 0 Å². The molecule has 0 amide bonds. The zero-order valence-electron chi connectivity index (χ0n) is 9.03. The third kappa shape index (κ3) is 1.79. The number of hydrogen-bond acceptors (Lipinski definition) is 3. The molecule has 1 aromatic carbocycles. The van der Waals surface area contributed by atoms with Gasteiger partial charge in [-0.05, 0) is 6.07 Å². The zero-order valence-corrected chi connectivity index (χ0v) is 9.03. The van der Waals surface area contributed by atoms with Crippen LogP contribution in [-0.4, -0.2) is 12.7 Å². The molecule has 6 heteroatoms. The molecular weight excluding hydrogens is 245 g/mol. The Morgan fingerprint density at radius 1 is 1.17 bits per heavy atom. The van der Waals surface area contributed by atoms with E-state index in [9.17, 15) is 13.2 Å². The first-order valence-electron chi connectivity index (χ1n) is 5.22. The average Bonchev–Trinajstić information content (AvgIpc) is 2.34. The molecule has 0 radical (unpaired) electrons. The predicted octanol–water partition coefficient (Wildman–Crippen LogP) is 1.75. The van der Waals surface area contributed by atoms with Crippen LogP contribution in [0.15, 0.2) is 40.2 Å². The van der Waals surface area contributed by atoms with Gasteiger partial charge < -0.3 is 4.74 Å². The van der Waals surface area contributed by atoms with E-state index in [-0.39, 0.29) is 5.36 Å². The molecule has 0 aromatic heterocycles. The molecule has 0 bridgehead atoms. The highest BCUT2D eigenvalue weighted by Crippen LogP contribution is 2.28. The summed E-state index contributed by atoms with van der Waals surface area (Å²) >= 11 is 0. The van der Waals surface area contributed by atoms with Crippen molar-refractivity contribution in [2.24, 2.45) is 9.98 Å². The van der Waals surface area contributed by atoms with Crippen molar-refractivity contribution >= 4 is 6.08 Å². The summed E-state index contributed by atoms with van der Waals surface area (Å²) < 4.78 is 42.5. The van der Waals surface area contributed by atoms with Gasteiger partial charge in [0.1, 0.15) is 11.6 Å². The summed E-state index contributed by atoms with van der Waals surface area (Å²) in [6.45, 7) is 0.562. The largest absolute Gasteiger partial charge is 0.460 e. The molecule has 2 aliphatic heterocycles. The maximum Gasteiger partial charge on any atom is 0.436 e. The molecule has 0 aliphatic carbocycles. The van der Waals surface area contributed by atoms with Crippen molar-refractivity contribution in [3.8, 4) is 5.75 Å². The highest BCUT2D eigenvalue weighted by atomic mass is 19.4. The van der Waals surface area contributed by atoms with E-state index in [1.165, 1.54) is 0 Å². The van der Waals surface area contributed by atoms with E-state index in [0.29, 0.717) is 23.9 Å². The summed E-state index contributed by atoms with van der Waals surface area (Å²) in [5, 5.41) is 0.876. The van der Waals surface area contributed by atoms with Crippen molar-refractivity contribution in [1.29, 1.82) is 0 Å². The number of fused-ring (bicyclic) bond motifs is 2. The fourth-order valence-corrected chi connectivity index (χ4v) is 1.76. The van der Waals surface area contributed by atoms with Gasteiger partial charge in [-0.1, -0.05) is 12.2 Å². The second-order valence-corrected chi connectivity index (χ2v) is 3.85. The molecule has 0 saturated heterocycles. The first-order chi connectivity index (χ1) is 8.54. The van der Waals surface area contributed by atoms with Crippen molar-refractivity contribution < 1.29 is 17.9 Å². The quantitative estimate of drug-likeness (QED) is 0.692. The molecule has 92 valence electrons. The molecule has 0 unspecified atom stereocenters. The van der Waals surface area contributed by atoms with Crippen molar-refractivity contribution in [1.82, 2.24) is 0 Å². The first kappa shape index (κ1) is 11.0. The normalized spacial score (nSPS) is 16.7. The van der Waals surface area contributed by atoms with Gasteiger partial charge in [0.2, 0.25) is 0 Å². The molecule has 3 rings (SSSR count). The summed E-state index contributed by atoms with van der Waals surface area (Å²) in [5.74, 6) is 0.292. The van der Waals surface area contributed by atoms with E-state index in [1.807, 2.05) is 12.2 Å². The topological polar surface area (TPSA) is 34.0 Å². The van der Waals surface area contributed by atoms with E-state index < -0.39 is 11.9 Å². The van der Waals surface area contributed by atoms with Crippen LogP contribution in [0.4, 0.5) is 13.2 Å². The molecule has 0 saturated carbocycles. The number of benzene rings is 1. The second kappa shape index (κ2) is 3.69. The van der Waals surface area contributed by atoms with Gasteiger partial charge in [0, 0.05) is 11.6 Å². The molecule has 0 spiro atoms. The summed E-state index contributed by atoms with van der Waals surface area (Å²) in [6, 6.07) is 3.14. The third-order valence-corrected chi connectivity index (χ3v) is 2.60. The Bertz CT molecular complexity index is 686. The lowest BCUT2D eigenvalue weighted by Crippen LogP contribution is -2.23. The van der Waals surface area contributed by atoms with E-state index in [0.717, 1.165) is 5.56 Å². The SMILES string of the molecule is FC(F)(F)C1=COc2cc3c(cc2=N1)C=CCN=3. The number of halogens is 3. The molecular formula is C12H7F3N2O. The number of nitrogens with zero attached hydrogens (tertiary/aromatic N) is 2. The molecule has 1 aromatic rings. The van der Waals surface area contributed by atoms with Gasteiger partial charge >= 0.3 is 6.18 Å². The van der Waals surface area contributed by atoms with Gasteiger partial charge in [-0.3, -0.25) is 4.99 Å². The predicted molar refractivity (Wildman–Crippen MR) is 57.4 cm³/mol. The Balaban J connectivity index is 2.18. The molecule has 2 heterocycles. The molecule has 0 N–H and O–H groups in total. The highest BCUT2D eigenvalue weighted by molar-refractivity contribution is 5.52. The average molecular weight is 252 g/mol. The van der Waals surface area contributed by atoms with Gasteiger partial charge in [-0.2, -0.15) is 13.2 Å². The third-order valence-electron chi connectivity index (χ3n) is 2.60. The van der Waals surface area contributed by atoms with Gasteiger partial charge in [0.05, 0.1) is 11.9 Å². The van der Waals surface area contributed by atoms with Crippen molar-refractivity contribution in [3.63, 3.8) is 0 Å². The minimum atomic E-state index is -4.51. The summed E-state index contributed by atoms with van der Waals surface area (Å²) in [5.41, 5.74) is -0.289. The van der Waals surface area contributed by atoms with Crippen molar-refractivity contribution in [2.75, 3.05) is 6.54 Å². The van der Waals surface area contributed by atoms with Crippen LogP contribution < -0.4 is 15.5 Å². The minimum Gasteiger partial charge on any atom is -0.460 e. The summed E-state index contributed by atoms with van der Waals surface area (Å²) in [6.07, 6.45) is -0.246. The smallest absolute Gasteiger partial charge is 0.436 e. The van der Waals surface area contributed by atoms with Gasteiger partial charge in [0.25, 0.3) is 0 Å². The first-order valence-corrected chi connectivity index (χ1v) is 5.22. The maximum absolute atomic E-state index is 12.5. The van der Waals surface area contributed by atoms with Crippen LogP contribution in [0.2, 0.25) is 0 Å². The van der Waals surface area contributed by atoms with Crippen LogP contribution in [0.5, 0.6) is 5.75 Å². The molecule has 0 fully saturated rings. The fraction of sp³-hybridized carbons (Fsp3) is 0.167. The van der Waals surface area contributed by atoms with Gasteiger partial charge in [0.15, 0.2) is 11.4 Å². The lowest BCUT2D eigenvalue weighted by Gasteiger charge is -2.13. The second-order valence-electron chi connectivity index (χ2n) is 3.85. The Morgan fingerprint density at radius 2 is 2.00 bits per heavy atom. The number of ether oxygens (including phenoxy) is 1. The summed E-state index contributed by atoms with van der Waals surface area (Å²) in [4.78, 5) is 7.78. The number of rotatable bonds is 0. The Morgan fingerprint density at radius 3 is 2.78 bits per heavy atom. The lowest BCUT2D eigenvalue weighted by molar-refractivity contribution is -0.0945. The Labute approximate surface area is 99.6 Å². The number of allylic oxidation sites excluding steroid dienone is 1. The number of hydrogen-bond donors (Lipinski definition) is 0. The number of alkyl halides is 3. The molecule has 2 aliphatic rings. The van der Waals surface area contributed by atoms with Gasteiger partial charge in [-0.15, -0.1) is 0 Å². The van der Waals surface area contributed by atoms with Crippen molar-refractivity contribution in [2.45, 2.75) is 6.18 Å². The maximum atomic E-state index is 12.5. The zero-order chi connectivity index (χ0) is 12.8. The minimum absolute atomic E-state index is 0.172. The monoisotopic (exact) mass is 252 g/mol. The highest BCUT2D eigenvalue weighted by Gasteiger charge is 2.35. The lowest BCUT2D eigenvalue weighted by atomic mass is 10.1. The van der Waals surface area contributed by atoms with Crippen LogP contribution in [0.3, 0.4) is 0 Å². The van der Waals surface area contributed by atoms with Crippen LogP contribution in [0.1, 0.15) is 5.56 Å². The summed E-state index contributed by atoms with van der Waals surface area (Å²) in [7, 11) is 0. The molecule has 3 nitrogen and oxygen atoms in total. The van der Waals surface area contributed by atoms with E-state index in [1.54, 1.807) is 12.1 Å². The Hall–Kier alpha value is -2.11. The van der Waals surface area contributed by atoms with Crippen LogP contribution in [0, 0.1) is 0 Å². The van der Waals surface area contributed by atoms with Crippen LogP contribution in [-0.2, 0) is 0 Å². The fourth-order valence-electron chi connectivity index (χ4n) is 1.76.